The van der Waals surface area contributed by atoms with Gasteiger partial charge in [0.25, 0.3) is 0 Å². The van der Waals surface area contributed by atoms with Gasteiger partial charge in [0.1, 0.15) is 0 Å². The first kappa shape index (κ1) is 15.0. The number of benzene rings is 1. The van der Waals surface area contributed by atoms with E-state index in [9.17, 15) is 4.79 Å². The number of piperidine rings is 1. The molecule has 1 aliphatic rings. The van der Waals surface area contributed by atoms with Gasteiger partial charge in [-0.25, -0.2) is 0 Å². The Morgan fingerprint density at radius 1 is 1.30 bits per heavy atom. The molecule has 1 unspecified atom stereocenters. The van der Waals surface area contributed by atoms with Crippen LogP contribution >= 0.6 is 0 Å². The number of nitrogens with two attached hydrogens (primary N) is 1. The van der Waals surface area contributed by atoms with E-state index in [-0.39, 0.29) is 0 Å². The molecule has 110 valence electrons. The summed E-state index contributed by atoms with van der Waals surface area (Å²) in [6.07, 6.45) is 3.73. The highest BCUT2D eigenvalue weighted by Crippen LogP contribution is 2.28. The van der Waals surface area contributed by atoms with Crippen LogP contribution in [0.25, 0.3) is 0 Å². The van der Waals surface area contributed by atoms with Crippen molar-refractivity contribution in [3.63, 3.8) is 0 Å². The number of hydrogen-bond acceptors (Lipinski definition) is 2. The molecule has 0 aromatic heterocycles. The first-order chi connectivity index (χ1) is 9.70. The maximum atomic E-state index is 12.1. The van der Waals surface area contributed by atoms with Crippen molar-refractivity contribution in [2.45, 2.75) is 38.5 Å². The SMILES string of the molecule is CC(CN)CCC(=O)N1CCC(c2ccccc2)CC1. The van der Waals surface area contributed by atoms with E-state index in [1.54, 1.807) is 0 Å². The number of amides is 1. The Morgan fingerprint density at radius 3 is 2.55 bits per heavy atom. The quantitative estimate of drug-likeness (QED) is 0.897. The van der Waals surface area contributed by atoms with E-state index in [1.807, 2.05) is 4.90 Å². The third kappa shape index (κ3) is 4.07. The molecule has 0 spiro atoms. The van der Waals surface area contributed by atoms with Crippen LogP contribution in [-0.2, 0) is 4.79 Å². The lowest BCUT2D eigenvalue weighted by Crippen LogP contribution is -2.38. The summed E-state index contributed by atoms with van der Waals surface area (Å²) in [4.78, 5) is 14.2. The van der Waals surface area contributed by atoms with Crippen LogP contribution in [0.15, 0.2) is 30.3 Å². The third-order valence-electron chi connectivity index (χ3n) is 4.37. The van der Waals surface area contributed by atoms with Gasteiger partial charge in [-0.15, -0.1) is 0 Å². The first-order valence-corrected chi connectivity index (χ1v) is 7.73. The third-order valence-corrected chi connectivity index (χ3v) is 4.37. The van der Waals surface area contributed by atoms with Gasteiger partial charge >= 0.3 is 0 Å². The van der Waals surface area contributed by atoms with Gasteiger partial charge in [0.05, 0.1) is 0 Å². The minimum absolute atomic E-state index is 0.303. The van der Waals surface area contributed by atoms with Crippen molar-refractivity contribution in [1.29, 1.82) is 0 Å². The standard InChI is InChI=1S/C17H26N2O/c1-14(13-18)7-8-17(20)19-11-9-16(10-12-19)15-5-3-2-4-6-15/h2-6,14,16H,7-13,18H2,1H3. The highest BCUT2D eigenvalue weighted by atomic mass is 16.2. The van der Waals surface area contributed by atoms with Gasteiger partial charge < -0.3 is 10.6 Å². The molecule has 1 heterocycles. The van der Waals surface area contributed by atoms with Gasteiger partial charge in [0.15, 0.2) is 0 Å². The molecule has 1 aromatic carbocycles. The molecule has 1 fully saturated rings. The van der Waals surface area contributed by atoms with E-state index in [4.69, 9.17) is 5.73 Å². The van der Waals surface area contributed by atoms with Gasteiger partial charge in [0.2, 0.25) is 5.91 Å². The zero-order valence-corrected chi connectivity index (χ0v) is 12.4. The van der Waals surface area contributed by atoms with Crippen LogP contribution in [-0.4, -0.2) is 30.4 Å². The molecule has 3 heteroatoms. The molecule has 0 saturated carbocycles. The topological polar surface area (TPSA) is 46.3 Å². The molecule has 1 atom stereocenters. The van der Waals surface area contributed by atoms with E-state index >= 15 is 0 Å². The number of nitrogens with zero attached hydrogens (tertiary/aromatic N) is 1. The molecule has 0 radical (unpaired) electrons. The highest BCUT2D eigenvalue weighted by Gasteiger charge is 2.23. The van der Waals surface area contributed by atoms with Gasteiger partial charge in [-0.2, -0.15) is 0 Å². The fraction of sp³-hybridized carbons (Fsp3) is 0.588. The van der Waals surface area contributed by atoms with Crippen molar-refractivity contribution in [2.75, 3.05) is 19.6 Å². The monoisotopic (exact) mass is 274 g/mol. The molecule has 2 rings (SSSR count). The van der Waals surface area contributed by atoms with E-state index in [0.29, 0.717) is 30.7 Å². The Hall–Kier alpha value is -1.35. The van der Waals surface area contributed by atoms with Gasteiger partial charge in [-0.3, -0.25) is 4.79 Å². The van der Waals surface area contributed by atoms with Crippen molar-refractivity contribution in [3.8, 4) is 0 Å². The molecular weight excluding hydrogens is 248 g/mol. The number of carbonyl (C=O) groups is 1. The van der Waals surface area contributed by atoms with Gasteiger partial charge in [0, 0.05) is 19.5 Å². The Morgan fingerprint density at radius 2 is 1.95 bits per heavy atom. The van der Waals surface area contributed by atoms with Crippen molar-refractivity contribution in [3.05, 3.63) is 35.9 Å². The maximum Gasteiger partial charge on any atom is 0.222 e. The highest BCUT2D eigenvalue weighted by molar-refractivity contribution is 5.76. The molecular formula is C17H26N2O. The van der Waals surface area contributed by atoms with Crippen molar-refractivity contribution in [1.82, 2.24) is 4.90 Å². The van der Waals surface area contributed by atoms with Crippen LogP contribution in [0.3, 0.4) is 0 Å². The summed E-state index contributed by atoms with van der Waals surface area (Å²) in [5, 5.41) is 0. The molecule has 0 bridgehead atoms. The molecule has 1 aliphatic heterocycles. The maximum absolute atomic E-state index is 12.1. The normalized spacial score (nSPS) is 18.0. The summed E-state index contributed by atoms with van der Waals surface area (Å²) in [6, 6.07) is 10.7. The van der Waals surface area contributed by atoms with Crippen LogP contribution in [0.4, 0.5) is 0 Å². The summed E-state index contributed by atoms with van der Waals surface area (Å²) in [5.41, 5.74) is 7.01. The fourth-order valence-corrected chi connectivity index (χ4v) is 2.83. The van der Waals surface area contributed by atoms with Gasteiger partial charge in [-0.1, -0.05) is 37.3 Å². The van der Waals surface area contributed by atoms with Crippen LogP contribution in [0.2, 0.25) is 0 Å². The minimum Gasteiger partial charge on any atom is -0.343 e. The van der Waals surface area contributed by atoms with Crippen LogP contribution in [0, 0.1) is 5.92 Å². The van der Waals surface area contributed by atoms with Gasteiger partial charge in [-0.05, 0) is 43.2 Å². The average Bonchev–Trinajstić information content (AvgIpc) is 2.53. The number of hydrogen-bond donors (Lipinski definition) is 1. The lowest BCUT2D eigenvalue weighted by atomic mass is 9.89. The smallest absolute Gasteiger partial charge is 0.222 e. The second-order valence-corrected chi connectivity index (χ2v) is 5.95. The summed E-state index contributed by atoms with van der Waals surface area (Å²) < 4.78 is 0. The van der Waals surface area contributed by atoms with Crippen molar-refractivity contribution in [2.24, 2.45) is 11.7 Å². The summed E-state index contributed by atoms with van der Waals surface area (Å²) in [5.74, 6) is 1.36. The van der Waals surface area contributed by atoms with E-state index in [0.717, 1.165) is 32.4 Å². The average molecular weight is 274 g/mol. The Labute approximate surface area is 122 Å². The predicted molar refractivity (Wildman–Crippen MR) is 82.4 cm³/mol. The van der Waals surface area contributed by atoms with Crippen LogP contribution in [0.1, 0.15) is 44.1 Å². The lowest BCUT2D eigenvalue weighted by molar-refractivity contribution is -0.132. The zero-order valence-electron chi connectivity index (χ0n) is 12.4. The molecule has 1 amide bonds. The number of likely N-dealkylation sites (tertiary alicyclic amines) is 1. The van der Waals surface area contributed by atoms with E-state index < -0.39 is 0 Å². The molecule has 20 heavy (non-hydrogen) atoms. The van der Waals surface area contributed by atoms with E-state index in [2.05, 4.69) is 37.3 Å². The zero-order chi connectivity index (χ0) is 14.4. The fourth-order valence-electron chi connectivity index (χ4n) is 2.83. The van der Waals surface area contributed by atoms with Crippen LogP contribution in [0.5, 0.6) is 0 Å². The first-order valence-electron chi connectivity index (χ1n) is 7.73. The lowest BCUT2D eigenvalue weighted by Gasteiger charge is -2.32. The molecule has 1 aromatic rings. The molecule has 2 N–H and O–H groups in total. The number of rotatable bonds is 5. The predicted octanol–water partition coefficient (Wildman–Crippen LogP) is 2.77. The minimum atomic E-state index is 0.303. The largest absolute Gasteiger partial charge is 0.343 e. The Kier molecular flexibility index (Phi) is 5.60. The Balaban J connectivity index is 1.78. The molecule has 3 nitrogen and oxygen atoms in total. The summed E-state index contributed by atoms with van der Waals surface area (Å²) in [7, 11) is 0. The number of carbonyl (C=O) groups excluding carboxylic acids is 1. The summed E-state index contributed by atoms with van der Waals surface area (Å²) >= 11 is 0. The van der Waals surface area contributed by atoms with Crippen LogP contribution < -0.4 is 5.73 Å². The van der Waals surface area contributed by atoms with Crippen molar-refractivity contribution < 1.29 is 4.79 Å². The summed E-state index contributed by atoms with van der Waals surface area (Å²) in [6.45, 7) is 4.57. The molecule has 0 aliphatic carbocycles. The molecule has 1 saturated heterocycles. The van der Waals surface area contributed by atoms with E-state index in [1.165, 1.54) is 5.56 Å². The van der Waals surface area contributed by atoms with Crippen molar-refractivity contribution >= 4 is 5.91 Å². The Bertz CT molecular complexity index is 410. The second-order valence-electron chi connectivity index (χ2n) is 5.95. The second kappa shape index (κ2) is 7.44.